The van der Waals surface area contributed by atoms with Crippen molar-refractivity contribution in [3.05, 3.63) is 59.2 Å². The first kappa shape index (κ1) is 16.2. The number of carboxylic acid groups (broad SMARTS) is 1. The molecule has 110 valence electrons. The maximum absolute atomic E-state index is 10.7. The monoisotopic (exact) mass is 287 g/mol. The van der Waals surface area contributed by atoms with Crippen molar-refractivity contribution in [3.8, 4) is 5.75 Å². The van der Waals surface area contributed by atoms with Crippen LogP contribution in [0.25, 0.3) is 0 Å². The molecule has 21 heavy (non-hydrogen) atoms. The Labute approximate surface area is 122 Å². The van der Waals surface area contributed by atoms with Crippen molar-refractivity contribution in [2.24, 2.45) is 0 Å². The van der Waals surface area contributed by atoms with Crippen LogP contribution in [0.1, 0.15) is 33.2 Å². The molecule has 0 aromatic heterocycles. The molecule has 5 heteroatoms. The van der Waals surface area contributed by atoms with E-state index in [1.807, 2.05) is 0 Å². The molecule has 0 amide bonds. The van der Waals surface area contributed by atoms with Crippen molar-refractivity contribution in [3.63, 3.8) is 0 Å². The number of rotatable bonds is 2. The highest BCUT2D eigenvalue weighted by atomic mass is 16.4. The maximum atomic E-state index is 10.7. The molecule has 0 atom stereocenters. The molecule has 0 spiro atoms. The highest BCUT2D eigenvalue weighted by Crippen LogP contribution is 2.19. The molecule has 0 saturated carbocycles. The molecule has 0 aliphatic carbocycles. The Morgan fingerprint density at radius 2 is 1.71 bits per heavy atom. The summed E-state index contributed by atoms with van der Waals surface area (Å²) in [7, 11) is 0. The number of aromatic hydroxyl groups is 1. The number of carboxylic acids is 1. The lowest BCUT2D eigenvalue weighted by Gasteiger charge is -2.01. The fourth-order valence-corrected chi connectivity index (χ4v) is 1.69. The number of carbonyl (C=O) groups is 2. The SMILES string of the molecule is CC(=O)c1cccc(N)c1.Cc1cccc(O)c1C(=O)O. The molecule has 2 rings (SSSR count). The van der Waals surface area contributed by atoms with Crippen molar-refractivity contribution in [1.82, 2.24) is 0 Å². The van der Waals surface area contributed by atoms with Crippen molar-refractivity contribution in [1.29, 1.82) is 0 Å². The van der Waals surface area contributed by atoms with E-state index in [0.29, 0.717) is 16.8 Å². The number of phenols is 1. The zero-order chi connectivity index (χ0) is 16.0. The van der Waals surface area contributed by atoms with E-state index in [2.05, 4.69) is 0 Å². The Bertz CT molecular complexity index is 645. The summed E-state index contributed by atoms with van der Waals surface area (Å²) in [6, 6.07) is 11.6. The first-order chi connectivity index (χ1) is 9.82. The summed E-state index contributed by atoms with van der Waals surface area (Å²) in [6.45, 7) is 3.16. The van der Waals surface area contributed by atoms with E-state index in [4.69, 9.17) is 15.9 Å². The third-order valence-corrected chi connectivity index (χ3v) is 2.76. The minimum absolute atomic E-state index is 0.0208. The predicted octanol–water partition coefficient (Wildman–Crippen LogP) is 2.87. The Morgan fingerprint density at radius 1 is 1.10 bits per heavy atom. The second-order valence-corrected chi connectivity index (χ2v) is 4.46. The quantitative estimate of drug-likeness (QED) is 0.582. The summed E-state index contributed by atoms with van der Waals surface area (Å²) in [4.78, 5) is 21.2. The Kier molecular flexibility index (Phi) is 5.48. The maximum Gasteiger partial charge on any atom is 0.339 e. The van der Waals surface area contributed by atoms with Crippen molar-refractivity contribution < 1.29 is 19.8 Å². The average Bonchev–Trinajstić information content (AvgIpc) is 2.38. The minimum atomic E-state index is -1.10. The lowest BCUT2D eigenvalue weighted by atomic mass is 10.1. The van der Waals surface area contributed by atoms with Gasteiger partial charge in [-0.3, -0.25) is 4.79 Å². The van der Waals surface area contributed by atoms with Crippen LogP contribution >= 0.6 is 0 Å². The second kappa shape index (κ2) is 7.09. The summed E-state index contributed by atoms with van der Waals surface area (Å²) in [6.07, 6.45) is 0. The molecule has 4 N–H and O–H groups in total. The molecule has 2 aromatic carbocycles. The average molecular weight is 287 g/mol. The number of aryl methyl sites for hydroxylation is 1. The molecule has 0 unspecified atom stereocenters. The van der Waals surface area contributed by atoms with E-state index in [1.165, 1.54) is 13.0 Å². The van der Waals surface area contributed by atoms with Gasteiger partial charge in [0, 0.05) is 11.3 Å². The Balaban J connectivity index is 0.000000211. The van der Waals surface area contributed by atoms with Gasteiger partial charge in [-0.1, -0.05) is 24.3 Å². The van der Waals surface area contributed by atoms with E-state index in [-0.39, 0.29) is 17.1 Å². The lowest BCUT2D eigenvalue weighted by Crippen LogP contribution is -1.99. The van der Waals surface area contributed by atoms with E-state index < -0.39 is 5.97 Å². The standard InChI is InChI=1S/C8H9NO.C8H8O3/c1-6(10)7-3-2-4-8(9)5-7;1-5-3-2-4-6(9)7(5)8(10)11/h2-5H,9H2,1H3;2-4,9H,1H3,(H,10,11). The van der Waals surface area contributed by atoms with Crippen LogP contribution in [0.5, 0.6) is 5.75 Å². The number of Topliss-reactive ketones (excluding diaryl/α,β-unsaturated/α-hetero) is 1. The van der Waals surface area contributed by atoms with Crippen LogP contribution < -0.4 is 5.73 Å². The van der Waals surface area contributed by atoms with Gasteiger partial charge in [-0.05, 0) is 37.6 Å². The van der Waals surface area contributed by atoms with Gasteiger partial charge in [-0.25, -0.2) is 4.79 Å². The molecular weight excluding hydrogens is 270 g/mol. The van der Waals surface area contributed by atoms with Gasteiger partial charge >= 0.3 is 5.97 Å². The van der Waals surface area contributed by atoms with Gasteiger partial charge < -0.3 is 15.9 Å². The molecule has 0 heterocycles. The predicted molar refractivity (Wildman–Crippen MR) is 80.7 cm³/mol. The number of benzene rings is 2. The summed E-state index contributed by atoms with van der Waals surface area (Å²) in [5.74, 6) is -1.23. The van der Waals surface area contributed by atoms with Crippen LogP contribution in [0.2, 0.25) is 0 Å². The number of ketones is 1. The van der Waals surface area contributed by atoms with Gasteiger partial charge in [-0.2, -0.15) is 0 Å². The molecule has 0 saturated heterocycles. The fourth-order valence-electron chi connectivity index (χ4n) is 1.69. The molecule has 5 nitrogen and oxygen atoms in total. The smallest absolute Gasteiger partial charge is 0.339 e. The van der Waals surface area contributed by atoms with Crippen molar-refractivity contribution in [2.45, 2.75) is 13.8 Å². The number of carbonyl (C=O) groups excluding carboxylic acids is 1. The van der Waals surface area contributed by atoms with Crippen molar-refractivity contribution >= 4 is 17.4 Å². The summed E-state index contributed by atoms with van der Waals surface area (Å²) in [5.41, 5.74) is 7.29. The van der Waals surface area contributed by atoms with Crippen molar-refractivity contribution in [2.75, 3.05) is 5.73 Å². The number of aromatic carboxylic acids is 1. The molecule has 2 aromatic rings. The minimum Gasteiger partial charge on any atom is -0.507 e. The largest absolute Gasteiger partial charge is 0.507 e. The first-order valence-corrected chi connectivity index (χ1v) is 6.21. The van der Waals surface area contributed by atoms with Gasteiger partial charge in [0.05, 0.1) is 0 Å². The summed E-state index contributed by atoms with van der Waals surface area (Å²) in [5, 5.41) is 17.7. The zero-order valence-electron chi connectivity index (χ0n) is 11.8. The van der Waals surface area contributed by atoms with Crippen LogP contribution in [0, 0.1) is 6.92 Å². The van der Waals surface area contributed by atoms with Gasteiger partial charge in [0.1, 0.15) is 11.3 Å². The topological polar surface area (TPSA) is 101 Å². The molecule has 0 aliphatic heterocycles. The highest BCUT2D eigenvalue weighted by Gasteiger charge is 2.10. The second-order valence-electron chi connectivity index (χ2n) is 4.46. The molecule has 0 fully saturated rings. The highest BCUT2D eigenvalue weighted by molar-refractivity contribution is 5.94. The summed E-state index contributed by atoms with van der Waals surface area (Å²) >= 11 is 0. The summed E-state index contributed by atoms with van der Waals surface area (Å²) < 4.78 is 0. The van der Waals surface area contributed by atoms with Crippen LogP contribution in [0.3, 0.4) is 0 Å². The molecular formula is C16H17NO4. The third-order valence-electron chi connectivity index (χ3n) is 2.76. The number of hydrogen-bond donors (Lipinski definition) is 3. The van der Waals surface area contributed by atoms with E-state index in [0.717, 1.165) is 0 Å². The zero-order valence-corrected chi connectivity index (χ0v) is 11.8. The van der Waals surface area contributed by atoms with Crippen LogP contribution in [0.4, 0.5) is 5.69 Å². The first-order valence-electron chi connectivity index (χ1n) is 6.21. The van der Waals surface area contributed by atoms with Crippen LogP contribution in [-0.4, -0.2) is 22.0 Å². The van der Waals surface area contributed by atoms with Gasteiger partial charge in [0.2, 0.25) is 0 Å². The Hall–Kier alpha value is -2.82. The van der Waals surface area contributed by atoms with Crippen LogP contribution in [-0.2, 0) is 0 Å². The van der Waals surface area contributed by atoms with Gasteiger partial charge in [0.25, 0.3) is 0 Å². The van der Waals surface area contributed by atoms with E-state index in [9.17, 15) is 9.59 Å². The van der Waals surface area contributed by atoms with Gasteiger partial charge in [0.15, 0.2) is 5.78 Å². The molecule has 0 bridgehead atoms. The number of anilines is 1. The van der Waals surface area contributed by atoms with Gasteiger partial charge in [-0.15, -0.1) is 0 Å². The third kappa shape index (κ3) is 4.65. The number of nitrogen functional groups attached to an aromatic ring is 1. The van der Waals surface area contributed by atoms with Crippen LogP contribution in [0.15, 0.2) is 42.5 Å². The fraction of sp³-hybridized carbons (Fsp3) is 0.125. The normalized spacial score (nSPS) is 9.43. The lowest BCUT2D eigenvalue weighted by molar-refractivity contribution is 0.0692. The Morgan fingerprint density at radius 3 is 2.10 bits per heavy atom. The van der Waals surface area contributed by atoms with E-state index in [1.54, 1.807) is 43.3 Å². The molecule has 0 aliphatic rings. The number of hydrogen-bond acceptors (Lipinski definition) is 4. The number of nitrogens with two attached hydrogens (primary N) is 1. The molecule has 0 radical (unpaired) electrons. The van der Waals surface area contributed by atoms with E-state index >= 15 is 0 Å².